The van der Waals surface area contributed by atoms with Crippen LogP contribution >= 0.6 is 0 Å². The van der Waals surface area contributed by atoms with Gasteiger partial charge in [-0.15, -0.1) is 6.58 Å². The molecule has 0 heterocycles. The molecule has 70 valence electrons. The van der Waals surface area contributed by atoms with Gasteiger partial charge in [-0.3, -0.25) is 0 Å². The second kappa shape index (κ2) is 7.11. The Hall–Kier alpha value is -0.560. The molecule has 0 aromatic rings. The van der Waals surface area contributed by atoms with E-state index >= 15 is 0 Å². The molecule has 0 aliphatic carbocycles. The molecule has 0 fully saturated rings. The standard InChI is InChI=1S/C11H20O/c1-5-10(2)7-6-8-11(3)9-12-4/h5,8,10H,1,6-7,9H2,2-4H3/b11-8-. The smallest absolute Gasteiger partial charge is 0.0670 e. The molecule has 1 heteroatoms. The van der Waals surface area contributed by atoms with Crippen LogP contribution in [0.25, 0.3) is 0 Å². The zero-order chi connectivity index (χ0) is 9.40. The Kier molecular flexibility index (Phi) is 6.78. The summed E-state index contributed by atoms with van der Waals surface area (Å²) in [6.45, 7) is 8.79. The first-order valence-electron chi connectivity index (χ1n) is 4.47. The van der Waals surface area contributed by atoms with Crippen molar-refractivity contribution in [1.29, 1.82) is 0 Å². The van der Waals surface area contributed by atoms with Crippen molar-refractivity contribution in [2.75, 3.05) is 13.7 Å². The van der Waals surface area contributed by atoms with Gasteiger partial charge in [0.25, 0.3) is 0 Å². The van der Waals surface area contributed by atoms with Crippen molar-refractivity contribution in [2.45, 2.75) is 26.7 Å². The van der Waals surface area contributed by atoms with Crippen molar-refractivity contribution in [3.05, 3.63) is 24.3 Å². The van der Waals surface area contributed by atoms with E-state index in [1.165, 1.54) is 12.0 Å². The fourth-order valence-corrected chi connectivity index (χ4v) is 0.997. The van der Waals surface area contributed by atoms with Crippen LogP contribution < -0.4 is 0 Å². The van der Waals surface area contributed by atoms with Gasteiger partial charge in [0.2, 0.25) is 0 Å². The third kappa shape index (κ3) is 6.17. The summed E-state index contributed by atoms with van der Waals surface area (Å²) < 4.78 is 5.00. The number of rotatable bonds is 6. The largest absolute Gasteiger partial charge is 0.380 e. The molecule has 0 spiro atoms. The third-order valence-electron chi connectivity index (χ3n) is 1.89. The highest BCUT2D eigenvalue weighted by molar-refractivity contribution is 4.98. The second-order valence-electron chi connectivity index (χ2n) is 3.27. The zero-order valence-corrected chi connectivity index (χ0v) is 8.47. The van der Waals surface area contributed by atoms with Crippen molar-refractivity contribution in [3.8, 4) is 0 Å². The van der Waals surface area contributed by atoms with Gasteiger partial charge in [-0.1, -0.05) is 24.6 Å². The summed E-state index contributed by atoms with van der Waals surface area (Å²) in [5, 5.41) is 0. The molecule has 1 nitrogen and oxygen atoms in total. The minimum absolute atomic E-state index is 0.622. The minimum Gasteiger partial charge on any atom is -0.380 e. The average molecular weight is 168 g/mol. The molecule has 0 aromatic carbocycles. The highest BCUT2D eigenvalue weighted by Gasteiger charge is 1.93. The first-order valence-corrected chi connectivity index (χ1v) is 4.47. The van der Waals surface area contributed by atoms with Crippen molar-refractivity contribution in [2.24, 2.45) is 5.92 Å². The lowest BCUT2D eigenvalue weighted by molar-refractivity contribution is 0.225. The maximum Gasteiger partial charge on any atom is 0.0670 e. The lowest BCUT2D eigenvalue weighted by Crippen LogP contribution is -1.91. The SMILES string of the molecule is C=CC(C)CC/C=C(/C)COC. The average Bonchev–Trinajstić information content (AvgIpc) is 2.04. The van der Waals surface area contributed by atoms with E-state index < -0.39 is 0 Å². The van der Waals surface area contributed by atoms with Gasteiger partial charge in [0, 0.05) is 7.11 Å². The summed E-state index contributed by atoms with van der Waals surface area (Å²) in [5.41, 5.74) is 1.31. The van der Waals surface area contributed by atoms with Crippen molar-refractivity contribution in [1.82, 2.24) is 0 Å². The third-order valence-corrected chi connectivity index (χ3v) is 1.89. The topological polar surface area (TPSA) is 9.23 Å². The lowest BCUT2D eigenvalue weighted by Gasteiger charge is -2.03. The molecular weight excluding hydrogens is 148 g/mol. The Morgan fingerprint density at radius 1 is 1.58 bits per heavy atom. The van der Waals surface area contributed by atoms with Crippen LogP contribution in [0.3, 0.4) is 0 Å². The Labute approximate surface area is 76.1 Å². The van der Waals surface area contributed by atoms with E-state index in [4.69, 9.17) is 4.74 Å². The van der Waals surface area contributed by atoms with Crippen LogP contribution in [0.5, 0.6) is 0 Å². The number of hydrogen-bond donors (Lipinski definition) is 0. The lowest BCUT2D eigenvalue weighted by atomic mass is 10.1. The molecule has 0 rings (SSSR count). The first kappa shape index (κ1) is 11.4. The van der Waals surface area contributed by atoms with Crippen LogP contribution in [-0.2, 0) is 4.74 Å². The first-order chi connectivity index (χ1) is 5.70. The molecular formula is C11H20O. The fourth-order valence-electron chi connectivity index (χ4n) is 0.997. The van der Waals surface area contributed by atoms with E-state index in [2.05, 4.69) is 26.5 Å². The van der Waals surface area contributed by atoms with Gasteiger partial charge in [-0.2, -0.15) is 0 Å². The van der Waals surface area contributed by atoms with Gasteiger partial charge in [0.1, 0.15) is 0 Å². The summed E-state index contributed by atoms with van der Waals surface area (Å²) in [5.74, 6) is 0.622. The zero-order valence-electron chi connectivity index (χ0n) is 8.47. The van der Waals surface area contributed by atoms with Gasteiger partial charge >= 0.3 is 0 Å². The van der Waals surface area contributed by atoms with Crippen molar-refractivity contribution in [3.63, 3.8) is 0 Å². The molecule has 0 amide bonds. The van der Waals surface area contributed by atoms with Gasteiger partial charge in [-0.05, 0) is 25.7 Å². The van der Waals surface area contributed by atoms with E-state index in [0.29, 0.717) is 5.92 Å². The molecule has 1 unspecified atom stereocenters. The van der Waals surface area contributed by atoms with Crippen LogP contribution in [0.2, 0.25) is 0 Å². The summed E-state index contributed by atoms with van der Waals surface area (Å²) >= 11 is 0. The van der Waals surface area contributed by atoms with Crippen LogP contribution in [0, 0.1) is 5.92 Å². The maximum absolute atomic E-state index is 5.00. The Morgan fingerprint density at radius 2 is 2.25 bits per heavy atom. The van der Waals surface area contributed by atoms with Gasteiger partial charge < -0.3 is 4.74 Å². The number of methoxy groups -OCH3 is 1. The molecule has 1 atom stereocenters. The molecule has 0 aliphatic heterocycles. The highest BCUT2D eigenvalue weighted by Crippen LogP contribution is 2.08. The van der Waals surface area contributed by atoms with Gasteiger partial charge in [-0.25, -0.2) is 0 Å². The second-order valence-corrected chi connectivity index (χ2v) is 3.27. The van der Waals surface area contributed by atoms with Gasteiger partial charge in [0.15, 0.2) is 0 Å². The van der Waals surface area contributed by atoms with Crippen LogP contribution in [0.15, 0.2) is 24.3 Å². The molecule has 0 radical (unpaired) electrons. The Bertz CT molecular complexity index is 147. The number of ether oxygens (including phenoxy) is 1. The number of hydrogen-bond acceptors (Lipinski definition) is 1. The van der Waals surface area contributed by atoms with E-state index in [9.17, 15) is 0 Å². The number of allylic oxidation sites excluding steroid dienone is 2. The Morgan fingerprint density at radius 3 is 2.75 bits per heavy atom. The monoisotopic (exact) mass is 168 g/mol. The van der Waals surface area contributed by atoms with Crippen LogP contribution in [0.4, 0.5) is 0 Å². The normalized spacial score (nSPS) is 14.4. The molecule has 0 bridgehead atoms. The molecule has 0 N–H and O–H groups in total. The molecule has 12 heavy (non-hydrogen) atoms. The fraction of sp³-hybridized carbons (Fsp3) is 0.636. The predicted molar refractivity (Wildman–Crippen MR) is 54.2 cm³/mol. The van der Waals surface area contributed by atoms with E-state index in [0.717, 1.165) is 13.0 Å². The van der Waals surface area contributed by atoms with Crippen LogP contribution in [0.1, 0.15) is 26.7 Å². The van der Waals surface area contributed by atoms with Crippen molar-refractivity contribution >= 4 is 0 Å². The summed E-state index contributed by atoms with van der Waals surface area (Å²) in [6, 6.07) is 0. The maximum atomic E-state index is 5.00. The predicted octanol–water partition coefficient (Wildman–Crippen LogP) is 3.18. The molecule has 0 saturated heterocycles. The quantitative estimate of drug-likeness (QED) is 0.553. The highest BCUT2D eigenvalue weighted by atomic mass is 16.5. The minimum atomic E-state index is 0.622. The Balaban J connectivity index is 3.51. The molecule has 0 aromatic heterocycles. The van der Waals surface area contributed by atoms with E-state index in [1.54, 1.807) is 7.11 Å². The summed E-state index contributed by atoms with van der Waals surface area (Å²) in [6.07, 6.45) is 6.55. The van der Waals surface area contributed by atoms with Crippen LogP contribution in [-0.4, -0.2) is 13.7 Å². The van der Waals surface area contributed by atoms with E-state index in [-0.39, 0.29) is 0 Å². The summed E-state index contributed by atoms with van der Waals surface area (Å²) in [7, 11) is 1.73. The van der Waals surface area contributed by atoms with E-state index in [1.807, 2.05) is 6.08 Å². The van der Waals surface area contributed by atoms with Crippen molar-refractivity contribution < 1.29 is 4.74 Å². The molecule has 0 saturated carbocycles. The van der Waals surface area contributed by atoms with Gasteiger partial charge in [0.05, 0.1) is 6.61 Å². The summed E-state index contributed by atoms with van der Waals surface area (Å²) in [4.78, 5) is 0. The molecule has 0 aliphatic rings.